The molecule has 1 saturated heterocycles. The van der Waals surface area contributed by atoms with Crippen molar-refractivity contribution in [2.24, 2.45) is 0 Å². The SMILES string of the molecule is CCC1CN(c2ncncc2Br)CCS1. The first-order valence-corrected chi connectivity index (χ1v) is 6.97. The summed E-state index contributed by atoms with van der Waals surface area (Å²) < 4.78 is 0.992. The van der Waals surface area contributed by atoms with Crippen molar-refractivity contribution >= 4 is 33.5 Å². The Labute approximate surface area is 103 Å². The molecule has 0 bridgehead atoms. The van der Waals surface area contributed by atoms with Crippen molar-refractivity contribution in [3.8, 4) is 0 Å². The first-order valence-electron chi connectivity index (χ1n) is 5.13. The summed E-state index contributed by atoms with van der Waals surface area (Å²) in [6, 6.07) is 0. The van der Waals surface area contributed by atoms with Gasteiger partial charge in [-0.25, -0.2) is 9.97 Å². The van der Waals surface area contributed by atoms with Crippen LogP contribution in [0.2, 0.25) is 0 Å². The maximum Gasteiger partial charge on any atom is 0.146 e. The third-order valence-electron chi connectivity index (χ3n) is 2.54. The van der Waals surface area contributed by atoms with Crippen molar-refractivity contribution in [3.05, 3.63) is 17.0 Å². The second-order valence-corrected chi connectivity index (χ2v) is 5.80. The molecule has 1 aliphatic rings. The number of rotatable bonds is 2. The summed E-state index contributed by atoms with van der Waals surface area (Å²) in [4.78, 5) is 10.7. The summed E-state index contributed by atoms with van der Waals surface area (Å²) in [5.41, 5.74) is 0. The van der Waals surface area contributed by atoms with Crippen LogP contribution < -0.4 is 4.90 Å². The monoisotopic (exact) mass is 287 g/mol. The smallest absolute Gasteiger partial charge is 0.146 e. The number of halogens is 1. The molecule has 0 aromatic carbocycles. The molecule has 0 amide bonds. The first-order chi connectivity index (χ1) is 7.31. The van der Waals surface area contributed by atoms with Crippen LogP contribution in [0.25, 0.3) is 0 Å². The number of hydrogen-bond donors (Lipinski definition) is 0. The molecule has 2 heterocycles. The molecule has 0 N–H and O–H groups in total. The van der Waals surface area contributed by atoms with E-state index in [1.165, 1.54) is 12.2 Å². The summed E-state index contributed by atoms with van der Waals surface area (Å²) in [6.45, 7) is 4.42. The van der Waals surface area contributed by atoms with Crippen LogP contribution in [-0.4, -0.2) is 34.1 Å². The molecule has 1 fully saturated rings. The lowest BCUT2D eigenvalue weighted by molar-refractivity contribution is 0.717. The fourth-order valence-corrected chi connectivity index (χ4v) is 3.35. The van der Waals surface area contributed by atoms with Crippen LogP contribution in [-0.2, 0) is 0 Å². The van der Waals surface area contributed by atoms with Gasteiger partial charge in [-0.2, -0.15) is 11.8 Å². The normalized spacial score (nSPS) is 21.7. The molecule has 1 unspecified atom stereocenters. The van der Waals surface area contributed by atoms with Crippen LogP contribution in [0.4, 0.5) is 5.82 Å². The van der Waals surface area contributed by atoms with Gasteiger partial charge in [0.2, 0.25) is 0 Å². The molecular formula is C10H14BrN3S. The van der Waals surface area contributed by atoms with Crippen LogP contribution in [0.5, 0.6) is 0 Å². The Kier molecular flexibility index (Phi) is 3.86. The molecule has 0 radical (unpaired) electrons. The lowest BCUT2D eigenvalue weighted by Gasteiger charge is -2.33. The summed E-state index contributed by atoms with van der Waals surface area (Å²) in [5, 5.41) is 0.737. The summed E-state index contributed by atoms with van der Waals surface area (Å²) in [5.74, 6) is 2.22. The van der Waals surface area contributed by atoms with Gasteiger partial charge < -0.3 is 4.90 Å². The van der Waals surface area contributed by atoms with Gasteiger partial charge in [-0.15, -0.1) is 0 Å². The van der Waals surface area contributed by atoms with Gasteiger partial charge in [0.1, 0.15) is 12.1 Å². The molecule has 1 aromatic heterocycles. The van der Waals surface area contributed by atoms with E-state index in [1.54, 1.807) is 6.33 Å². The molecule has 82 valence electrons. The van der Waals surface area contributed by atoms with E-state index in [4.69, 9.17) is 0 Å². The third-order valence-corrected chi connectivity index (χ3v) is 4.47. The van der Waals surface area contributed by atoms with E-state index in [1.807, 2.05) is 6.20 Å². The Hall–Kier alpha value is -0.290. The van der Waals surface area contributed by atoms with Crippen molar-refractivity contribution in [1.29, 1.82) is 0 Å². The molecule has 15 heavy (non-hydrogen) atoms. The largest absolute Gasteiger partial charge is 0.354 e. The van der Waals surface area contributed by atoms with Gasteiger partial charge in [-0.05, 0) is 22.4 Å². The Balaban J connectivity index is 2.13. The van der Waals surface area contributed by atoms with E-state index < -0.39 is 0 Å². The minimum Gasteiger partial charge on any atom is -0.354 e. The van der Waals surface area contributed by atoms with E-state index in [9.17, 15) is 0 Å². The van der Waals surface area contributed by atoms with E-state index in [0.29, 0.717) is 0 Å². The van der Waals surface area contributed by atoms with E-state index in [-0.39, 0.29) is 0 Å². The Morgan fingerprint density at radius 1 is 1.67 bits per heavy atom. The highest BCUT2D eigenvalue weighted by molar-refractivity contribution is 9.10. The predicted octanol–water partition coefficient (Wildman–Crippen LogP) is 2.57. The van der Waals surface area contributed by atoms with Gasteiger partial charge in [0.25, 0.3) is 0 Å². The number of aromatic nitrogens is 2. The Bertz CT molecular complexity index is 334. The van der Waals surface area contributed by atoms with Crippen molar-refractivity contribution in [2.75, 3.05) is 23.7 Å². The number of thioether (sulfide) groups is 1. The summed E-state index contributed by atoms with van der Waals surface area (Å²) in [7, 11) is 0. The lowest BCUT2D eigenvalue weighted by Crippen LogP contribution is -2.38. The summed E-state index contributed by atoms with van der Waals surface area (Å²) in [6.07, 6.45) is 4.65. The quantitative estimate of drug-likeness (QED) is 0.836. The zero-order chi connectivity index (χ0) is 10.7. The zero-order valence-electron chi connectivity index (χ0n) is 8.69. The Morgan fingerprint density at radius 2 is 2.53 bits per heavy atom. The minimum absolute atomic E-state index is 0.737. The van der Waals surface area contributed by atoms with Gasteiger partial charge in [0, 0.05) is 30.3 Å². The predicted molar refractivity (Wildman–Crippen MR) is 68.5 cm³/mol. The van der Waals surface area contributed by atoms with Crippen LogP contribution in [0.3, 0.4) is 0 Å². The van der Waals surface area contributed by atoms with Gasteiger partial charge in [0.15, 0.2) is 0 Å². The maximum atomic E-state index is 4.33. The van der Waals surface area contributed by atoms with Crippen LogP contribution >= 0.6 is 27.7 Å². The lowest BCUT2D eigenvalue weighted by atomic mass is 10.3. The highest BCUT2D eigenvalue weighted by Crippen LogP contribution is 2.28. The van der Waals surface area contributed by atoms with Crippen molar-refractivity contribution < 1.29 is 0 Å². The highest BCUT2D eigenvalue weighted by Gasteiger charge is 2.21. The molecule has 1 aliphatic heterocycles. The molecule has 2 rings (SSSR count). The minimum atomic E-state index is 0.737. The second kappa shape index (κ2) is 5.16. The van der Waals surface area contributed by atoms with Crippen molar-refractivity contribution in [3.63, 3.8) is 0 Å². The van der Waals surface area contributed by atoms with Crippen LogP contribution in [0.15, 0.2) is 17.0 Å². The molecule has 1 aromatic rings. The molecule has 3 nitrogen and oxygen atoms in total. The van der Waals surface area contributed by atoms with Gasteiger partial charge in [-0.3, -0.25) is 0 Å². The molecule has 5 heteroatoms. The first kappa shape index (κ1) is 11.2. The summed E-state index contributed by atoms with van der Waals surface area (Å²) >= 11 is 5.57. The van der Waals surface area contributed by atoms with Gasteiger partial charge in [0.05, 0.1) is 4.47 Å². The fourth-order valence-electron chi connectivity index (χ4n) is 1.70. The second-order valence-electron chi connectivity index (χ2n) is 3.54. The standard InChI is InChI=1S/C10H14BrN3S/c1-2-8-6-14(3-4-15-8)10-9(11)5-12-7-13-10/h5,7-8H,2-4,6H2,1H3. The Morgan fingerprint density at radius 3 is 3.27 bits per heavy atom. The average molecular weight is 288 g/mol. The molecule has 0 saturated carbocycles. The fraction of sp³-hybridized carbons (Fsp3) is 0.600. The maximum absolute atomic E-state index is 4.33. The molecule has 0 spiro atoms. The molecular weight excluding hydrogens is 274 g/mol. The van der Waals surface area contributed by atoms with E-state index in [2.05, 4.69) is 49.5 Å². The van der Waals surface area contributed by atoms with Gasteiger partial charge >= 0.3 is 0 Å². The number of anilines is 1. The highest BCUT2D eigenvalue weighted by atomic mass is 79.9. The average Bonchev–Trinajstić information content (AvgIpc) is 2.30. The third kappa shape index (κ3) is 2.64. The number of nitrogens with zero attached hydrogens (tertiary/aromatic N) is 3. The van der Waals surface area contributed by atoms with E-state index in [0.717, 1.165) is 28.6 Å². The van der Waals surface area contributed by atoms with Crippen LogP contribution in [0, 0.1) is 0 Å². The molecule has 0 aliphatic carbocycles. The topological polar surface area (TPSA) is 29.0 Å². The van der Waals surface area contributed by atoms with Crippen molar-refractivity contribution in [2.45, 2.75) is 18.6 Å². The molecule has 1 atom stereocenters. The van der Waals surface area contributed by atoms with E-state index >= 15 is 0 Å². The van der Waals surface area contributed by atoms with Gasteiger partial charge in [-0.1, -0.05) is 6.92 Å². The van der Waals surface area contributed by atoms with Crippen molar-refractivity contribution in [1.82, 2.24) is 9.97 Å². The number of hydrogen-bond acceptors (Lipinski definition) is 4. The zero-order valence-corrected chi connectivity index (χ0v) is 11.1. The van der Waals surface area contributed by atoms with Crippen LogP contribution in [0.1, 0.15) is 13.3 Å².